The van der Waals surface area contributed by atoms with Crippen LogP contribution in [0.3, 0.4) is 0 Å². The average molecular weight is 419 g/mol. The lowest BCUT2D eigenvalue weighted by molar-refractivity contribution is -0.213. The summed E-state index contributed by atoms with van der Waals surface area (Å²) in [4.78, 5) is 28.0. The van der Waals surface area contributed by atoms with Crippen LogP contribution in [0.2, 0.25) is 0 Å². The molecule has 0 aromatic heterocycles. The molecule has 0 aliphatic carbocycles. The van der Waals surface area contributed by atoms with Gasteiger partial charge in [0.15, 0.2) is 5.72 Å². The molecule has 3 unspecified atom stereocenters. The summed E-state index contributed by atoms with van der Waals surface area (Å²) in [5, 5.41) is 20.6. The van der Waals surface area contributed by atoms with E-state index in [-0.39, 0.29) is 17.5 Å². The van der Waals surface area contributed by atoms with Gasteiger partial charge in [-0.2, -0.15) is 0 Å². The molecule has 2 heterocycles. The molecule has 0 bridgehead atoms. The zero-order valence-electron chi connectivity index (χ0n) is 17.6. The Bertz CT molecular complexity index is 854. The fraction of sp³-hybridized carbons (Fsp3) is 0.524. The molecule has 1 fully saturated rings. The van der Waals surface area contributed by atoms with E-state index in [1.54, 1.807) is 26.0 Å². The second-order valence-electron chi connectivity index (χ2n) is 7.47. The topological polar surface area (TPSA) is 112 Å². The molecule has 2 aliphatic heterocycles. The highest BCUT2D eigenvalue weighted by atomic mass is 16.8. The molecule has 0 saturated carbocycles. The van der Waals surface area contributed by atoms with Gasteiger partial charge in [-0.25, -0.2) is 4.79 Å². The van der Waals surface area contributed by atoms with E-state index in [1.807, 2.05) is 11.8 Å². The van der Waals surface area contributed by atoms with Crippen molar-refractivity contribution in [3.63, 3.8) is 0 Å². The number of methoxy groups -OCH3 is 1. The van der Waals surface area contributed by atoms with Crippen molar-refractivity contribution in [1.82, 2.24) is 4.90 Å². The summed E-state index contributed by atoms with van der Waals surface area (Å²) in [6.45, 7) is 6.55. The van der Waals surface area contributed by atoms with Crippen LogP contribution in [0.1, 0.15) is 38.7 Å². The summed E-state index contributed by atoms with van der Waals surface area (Å²) in [6.07, 6.45) is 0.743. The number of anilines is 1. The Labute approximate surface area is 175 Å². The molecule has 3 rings (SSSR count). The largest absolute Gasteiger partial charge is 0.733 e. The smallest absolute Gasteiger partial charge is 0.336 e. The van der Waals surface area contributed by atoms with Crippen LogP contribution in [-0.4, -0.2) is 54.6 Å². The van der Waals surface area contributed by atoms with Crippen LogP contribution in [0.15, 0.2) is 35.5 Å². The maximum atomic E-state index is 13.0. The zero-order valence-corrected chi connectivity index (χ0v) is 17.6. The number of rotatable bonds is 5. The molecule has 9 heteroatoms. The van der Waals surface area contributed by atoms with Gasteiger partial charge in [0.1, 0.15) is 5.92 Å². The Kier molecular flexibility index (Phi) is 6.35. The third-order valence-corrected chi connectivity index (χ3v) is 5.87. The van der Waals surface area contributed by atoms with Crippen molar-refractivity contribution in [2.24, 2.45) is 5.92 Å². The predicted molar refractivity (Wildman–Crippen MR) is 107 cm³/mol. The first kappa shape index (κ1) is 22.1. The van der Waals surface area contributed by atoms with Gasteiger partial charge in [0.2, 0.25) is 0 Å². The van der Waals surface area contributed by atoms with Gasteiger partial charge in [0, 0.05) is 18.2 Å². The van der Waals surface area contributed by atoms with Gasteiger partial charge in [0.25, 0.3) is 0 Å². The minimum Gasteiger partial charge on any atom is -0.733 e. The number of ether oxygens (including phenoxy) is 3. The van der Waals surface area contributed by atoms with Crippen molar-refractivity contribution in [3.05, 3.63) is 46.3 Å². The minimum atomic E-state index is -1.05. The monoisotopic (exact) mass is 419 g/mol. The highest BCUT2D eigenvalue weighted by Crippen LogP contribution is 2.50. The molecule has 9 nitrogen and oxygen atoms in total. The summed E-state index contributed by atoms with van der Waals surface area (Å²) in [7, 11) is 1.29. The van der Waals surface area contributed by atoms with Crippen LogP contribution in [-0.2, 0) is 23.8 Å². The van der Waals surface area contributed by atoms with Gasteiger partial charge in [-0.3, -0.25) is 10.0 Å². The standard InChI is InChI=1S/C21H27N2O7/c1-5-29-19(24)16-13(2)22-10-7-11-30-21(22,3)18(20(25)28-4)17(16)14-8-6-9-15(12-14)23(26)27/h6,8-9,12,17-18,26H,5,7,10-11H2,1-4H3/q-1. The fourth-order valence-electron chi connectivity index (χ4n) is 4.57. The van der Waals surface area contributed by atoms with Crippen LogP contribution in [0.4, 0.5) is 5.69 Å². The van der Waals surface area contributed by atoms with E-state index < -0.39 is 29.5 Å². The normalized spacial score (nSPS) is 26.1. The van der Waals surface area contributed by atoms with Crippen molar-refractivity contribution in [2.45, 2.75) is 38.8 Å². The number of fused-ring (bicyclic) bond motifs is 1. The van der Waals surface area contributed by atoms with Crippen LogP contribution >= 0.6 is 0 Å². The molecule has 2 aliphatic rings. The average Bonchev–Trinajstić information content (AvgIpc) is 2.72. The van der Waals surface area contributed by atoms with E-state index in [2.05, 4.69) is 0 Å². The summed E-state index contributed by atoms with van der Waals surface area (Å²) >= 11 is 0. The Morgan fingerprint density at radius 3 is 2.80 bits per heavy atom. The van der Waals surface area contributed by atoms with Gasteiger partial charge in [-0.05, 0) is 44.9 Å². The van der Waals surface area contributed by atoms with Crippen molar-refractivity contribution in [2.75, 3.05) is 32.1 Å². The highest BCUT2D eigenvalue weighted by Gasteiger charge is 2.57. The zero-order chi connectivity index (χ0) is 22.1. The van der Waals surface area contributed by atoms with Gasteiger partial charge in [0.05, 0.1) is 31.6 Å². The van der Waals surface area contributed by atoms with Crippen molar-refractivity contribution in [3.8, 4) is 0 Å². The number of nitrogens with zero attached hydrogens (tertiary/aromatic N) is 2. The molecular formula is C21H27N2O7-. The number of carbonyl (C=O) groups excluding carboxylic acids is 2. The van der Waals surface area contributed by atoms with Crippen LogP contribution in [0, 0.1) is 11.1 Å². The van der Waals surface area contributed by atoms with Crippen molar-refractivity contribution >= 4 is 17.6 Å². The Morgan fingerprint density at radius 1 is 1.43 bits per heavy atom. The first-order valence-electron chi connectivity index (χ1n) is 9.89. The van der Waals surface area contributed by atoms with Gasteiger partial charge >= 0.3 is 11.9 Å². The first-order valence-corrected chi connectivity index (χ1v) is 9.89. The lowest BCUT2D eigenvalue weighted by Crippen LogP contribution is -2.63. The summed E-state index contributed by atoms with van der Waals surface area (Å²) in [6, 6.07) is 6.15. The summed E-state index contributed by atoms with van der Waals surface area (Å²) in [5.41, 5.74) is 0.379. The molecule has 3 atom stereocenters. The lowest BCUT2D eigenvalue weighted by Gasteiger charge is -2.55. The SMILES string of the molecule is CCOC(=O)C1=C(C)N2CCCOC2(C)C(C(=O)OC)C1c1cccc(N([O-])O)c1. The number of benzene rings is 1. The number of allylic oxidation sites excluding steroid dienone is 1. The maximum Gasteiger partial charge on any atom is 0.336 e. The van der Waals surface area contributed by atoms with Crippen LogP contribution in [0.25, 0.3) is 0 Å². The minimum absolute atomic E-state index is 0.0193. The Morgan fingerprint density at radius 2 is 2.17 bits per heavy atom. The lowest BCUT2D eigenvalue weighted by atomic mass is 9.70. The van der Waals surface area contributed by atoms with E-state index in [1.165, 1.54) is 19.2 Å². The van der Waals surface area contributed by atoms with E-state index in [9.17, 15) is 20.0 Å². The van der Waals surface area contributed by atoms with Crippen LogP contribution in [0.5, 0.6) is 0 Å². The second kappa shape index (κ2) is 8.63. The number of esters is 2. The number of hydrogen-bond donors (Lipinski definition) is 1. The third kappa shape index (κ3) is 3.64. The van der Waals surface area contributed by atoms with Crippen LogP contribution < -0.4 is 5.23 Å². The third-order valence-electron chi connectivity index (χ3n) is 5.87. The quantitative estimate of drug-likeness (QED) is 0.568. The molecular weight excluding hydrogens is 392 g/mol. The summed E-state index contributed by atoms with van der Waals surface area (Å²) in [5.74, 6) is -2.79. The Hall–Kier alpha value is -2.62. The maximum absolute atomic E-state index is 13.0. The number of carbonyl (C=O) groups is 2. The Balaban J connectivity index is 2.28. The van der Waals surface area contributed by atoms with Gasteiger partial charge in [-0.1, -0.05) is 12.1 Å². The number of hydrogen-bond acceptors (Lipinski definition) is 9. The van der Waals surface area contributed by atoms with E-state index in [0.717, 1.165) is 6.42 Å². The van der Waals surface area contributed by atoms with Crippen molar-refractivity contribution < 1.29 is 29.0 Å². The van der Waals surface area contributed by atoms with Gasteiger partial charge in [-0.15, -0.1) is 0 Å². The predicted octanol–water partition coefficient (Wildman–Crippen LogP) is 2.54. The van der Waals surface area contributed by atoms with E-state index >= 15 is 0 Å². The molecule has 1 aromatic carbocycles. The first-order chi connectivity index (χ1) is 14.3. The molecule has 1 saturated heterocycles. The molecule has 0 radical (unpaired) electrons. The molecule has 1 aromatic rings. The molecule has 30 heavy (non-hydrogen) atoms. The fourth-order valence-corrected chi connectivity index (χ4v) is 4.57. The highest BCUT2D eigenvalue weighted by molar-refractivity contribution is 5.93. The van der Waals surface area contributed by atoms with Gasteiger partial charge < -0.3 is 29.5 Å². The van der Waals surface area contributed by atoms with E-state index in [0.29, 0.717) is 30.0 Å². The van der Waals surface area contributed by atoms with Crippen molar-refractivity contribution in [1.29, 1.82) is 0 Å². The summed E-state index contributed by atoms with van der Waals surface area (Å²) < 4.78 is 16.5. The molecule has 0 spiro atoms. The second-order valence-corrected chi connectivity index (χ2v) is 7.47. The van der Waals surface area contributed by atoms with E-state index in [4.69, 9.17) is 14.2 Å². The molecule has 164 valence electrons. The molecule has 0 amide bonds. The molecule has 1 N–H and O–H groups in total.